The first-order chi connectivity index (χ1) is 9.29. The molecule has 2 N–H and O–H groups in total. The minimum absolute atomic E-state index is 0.131. The summed E-state index contributed by atoms with van der Waals surface area (Å²) in [6.45, 7) is 3.57. The molecule has 6 nitrogen and oxygen atoms in total. The molecule has 7 heteroatoms. The van der Waals surface area contributed by atoms with Crippen LogP contribution in [0.25, 0.3) is 0 Å². The first-order valence-corrected chi connectivity index (χ1v) is 7.71. The fraction of sp³-hybridized carbons (Fsp3) is 0.385. The van der Waals surface area contributed by atoms with Crippen molar-refractivity contribution in [3.05, 3.63) is 29.3 Å². The van der Waals surface area contributed by atoms with E-state index < -0.39 is 22.0 Å². The number of sulfonamides is 1. The van der Waals surface area contributed by atoms with E-state index in [0.29, 0.717) is 5.56 Å². The summed E-state index contributed by atoms with van der Waals surface area (Å²) < 4.78 is 26.9. The van der Waals surface area contributed by atoms with Crippen LogP contribution in [0.15, 0.2) is 23.1 Å². The van der Waals surface area contributed by atoms with Crippen molar-refractivity contribution >= 4 is 21.8 Å². The van der Waals surface area contributed by atoms with Crippen molar-refractivity contribution in [2.45, 2.75) is 37.6 Å². The zero-order valence-electron chi connectivity index (χ0n) is 11.3. The van der Waals surface area contributed by atoms with Gasteiger partial charge in [0.05, 0.1) is 4.90 Å². The Hall–Kier alpha value is -1.73. The van der Waals surface area contributed by atoms with Gasteiger partial charge in [0.2, 0.25) is 21.8 Å². The third-order valence-electron chi connectivity index (χ3n) is 3.16. The first-order valence-electron chi connectivity index (χ1n) is 6.23. The first kappa shape index (κ1) is 14.7. The predicted molar refractivity (Wildman–Crippen MR) is 72.4 cm³/mol. The number of piperidine rings is 1. The summed E-state index contributed by atoms with van der Waals surface area (Å²) in [5.41, 5.74) is 1.58. The summed E-state index contributed by atoms with van der Waals surface area (Å²) in [7, 11) is -3.78. The lowest BCUT2D eigenvalue weighted by Gasteiger charge is -2.22. The molecule has 108 valence electrons. The van der Waals surface area contributed by atoms with Crippen LogP contribution in [0, 0.1) is 13.8 Å². The van der Waals surface area contributed by atoms with Crippen molar-refractivity contribution in [3.8, 4) is 0 Å². The van der Waals surface area contributed by atoms with Gasteiger partial charge in [-0.2, -0.15) is 4.72 Å². The van der Waals surface area contributed by atoms with Crippen LogP contribution in [0.3, 0.4) is 0 Å². The van der Waals surface area contributed by atoms with Crippen LogP contribution in [0.4, 0.5) is 0 Å². The lowest BCUT2D eigenvalue weighted by Crippen LogP contribution is -2.52. The third-order valence-corrected chi connectivity index (χ3v) is 4.79. The third kappa shape index (κ3) is 3.05. The summed E-state index contributed by atoms with van der Waals surface area (Å²) in [4.78, 5) is 22.8. The topological polar surface area (TPSA) is 92.3 Å². The van der Waals surface area contributed by atoms with Crippen LogP contribution in [0.1, 0.15) is 24.0 Å². The van der Waals surface area contributed by atoms with Gasteiger partial charge in [0.15, 0.2) is 0 Å². The van der Waals surface area contributed by atoms with Crippen molar-refractivity contribution in [1.29, 1.82) is 0 Å². The Morgan fingerprint density at radius 3 is 2.55 bits per heavy atom. The Morgan fingerprint density at radius 2 is 1.95 bits per heavy atom. The highest BCUT2D eigenvalue weighted by atomic mass is 32.2. The van der Waals surface area contributed by atoms with Crippen molar-refractivity contribution in [1.82, 2.24) is 10.0 Å². The van der Waals surface area contributed by atoms with E-state index in [0.717, 1.165) is 5.56 Å². The monoisotopic (exact) mass is 296 g/mol. The van der Waals surface area contributed by atoms with E-state index in [-0.39, 0.29) is 23.6 Å². The minimum Gasteiger partial charge on any atom is -0.295 e. The maximum Gasteiger partial charge on any atom is 0.244 e. The lowest BCUT2D eigenvalue weighted by molar-refractivity contribution is -0.134. The number of hydrogen-bond acceptors (Lipinski definition) is 4. The zero-order chi connectivity index (χ0) is 14.9. The van der Waals surface area contributed by atoms with E-state index in [1.54, 1.807) is 19.1 Å². The molecule has 0 radical (unpaired) electrons. The molecular formula is C13H16N2O4S. The van der Waals surface area contributed by atoms with E-state index in [2.05, 4.69) is 10.0 Å². The van der Waals surface area contributed by atoms with Crippen LogP contribution < -0.4 is 10.0 Å². The summed E-state index contributed by atoms with van der Waals surface area (Å²) >= 11 is 0. The molecule has 2 rings (SSSR count). The number of benzene rings is 1. The standard InChI is InChI=1S/C13H16N2O4S/c1-8-3-5-11(9(2)7-8)20(18,19)15-10-4-6-12(16)14-13(10)17/h3,5,7,10,15H,4,6H2,1-2H3,(H,14,16,17). The largest absolute Gasteiger partial charge is 0.295 e. The molecule has 20 heavy (non-hydrogen) atoms. The molecule has 1 atom stereocenters. The number of amides is 2. The highest BCUT2D eigenvalue weighted by Gasteiger charge is 2.31. The van der Waals surface area contributed by atoms with Gasteiger partial charge in [0.25, 0.3) is 0 Å². The SMILES string of the molecule is Cc1ccc(S(=O)(=O)NC2CCC(=O)NC2=O)c(C)c1. The molecule has 1 aromatic carbocycles. The lowest BCUT2D eigenvalue weighted by atomic mass is 10.1. The Labute approximate surface area is 117 Å². The maximum atomic E-state index is 12.3. The molecular weight excluding hydrogens is 280 g/mol. The molecule has 1 aliphatic rings. The molecule has 1 aromatic rings. The van der Waals surface area contributed by atoms with Crippen LogP contribution in [0.2, 0.25) is 0 Å². The van der Waals surface area contributed by atoms with E-state index in [4.69, 9.17) is 0 Å². The van der Waals surface area contributed by atoms with E-state index in [9.17, 15) is 18.0 Å². The number of nitrogens with one attached hydrogen (secondary N) is 2. The molecule has 1 heterocycles. The summed E-state index contributed by atoms with van der Waals surface area (Å²) in [5.74, 6) is -0.980. The van der Waals surface area contributed by atoms with Crippen molar-refractivity contribution in [2.75, 3.05) is 0 Å². The number of carbonyl (C=O) groups excluding carboxylic acids is 2. The molecule has 0 bridgehead atoms. The normalized spacial score (nSPS) is 19.8. The number of rotatable bonds is 3. The molecule has 0 aromatic heterocycles. The Morgan fingerprint density at radius 1 is 1.25 bits per heavy atom. The van der Waals surface area contributed by atoms with Gasteiger partial charge in [-0.05, 0) is 31.9 Å². The fourth-order valence-electron chi connectivity index (χ4n) is 2.16. The predicted octanol–water partition coefficient (Wildman–Crippen LogP) is 0.387. The van der Waals surface area contributed by atoms with Gasteiger partial charge in [-0.3, -0.25) is 14.9 Å². The zero-order valence-corrected chi connectivity index (χ0v) is 12.1. The van der Waals surface area contributed by atoms with Crippen LogP contribution in [0.5, 0.6) is 0 Å². The number of hydrogen-bond donors (Lipinski definition) is 2. The molecule has 1 fully saturated rings. The number of imide groups is 1. The van der Waals surface area contributed by atoms with Crippen LogP contribution >= 0.6 is 0 Å². The van der Waals surface area contributed by atoms with E-state index in [1.807, 2.05) is 6.92 Å². The second kappa shape index (κ2) is 5.34. The second-order valence-corrected chi connectivity index (χ2v) is 6.58. The maximum absolute atomic E-state index is 12.3. The average Bonchev–Trinajstić information content (AvgIpc) is 2.32. The van der Waals surface area contributed by atoms with Gasteiger partial charge >= 0.3 is 0 Å². The van der Waals surface area contributed by atoms with Crippen molar-refractivity contribution in [2.24, 2.45) is 0 Å². The van der Waals surface area contributed by atoms with Crippen molar-refractivity contribution in [3.63, 3.8) is 0 Å². The average molecular weight is 296 g/mol. The molecule has 0 spiro atoms. The Balaban J connectivity index is 2.23. The summed E-state index contributed by atoms with van der Waals surface area (Å²) in [6.07, 6.45) is 0.306. The minimum atomic E-state index is -3.78. The van der Waals surface area contributed by atoms with Gasteiger partial charge in [-0.15, -0.1) is 0 Å². The summed E-state index contributed by atoms with van der Waals surface area (Å²) in [6, 6.07) is 4.07. The van der Waals surface area contributed by atoms with Gasteiger partial charge in [0, 0.05) is 6.42 Å². The number of carbonyl (C=O) groups is 2. The number of aryl methyl sites for hydroxylation is 2. The molecule has 0 saturated carbocycles. The molecule has 1 unspecified atom stereocenters. The quantitative estimate of drug-likeness (QED) is 0.789. The summed E-state index contributed by atoms with van der Waals surface area (Å²) in [5, 5.41) is 2.12. The van der Waals surface area contributed by atoms with Crippen LogP contribution in [-0.2, 0) is 19.6 Å². The van der Waals surface area contributed by atoms with Gasteiger partial charge in [0.1, 0.15) is 6.04 Å². The molecule has 1 aliphatic heterocycles. The van der Waals surface area contributed by atoms with Gasteiger partial charge < -0.3 is 0 Å². The molecule has 0 aliphatic carbocycles. The molecule has 1 saturated heterocycles. The van der Waals surface area contributed by atoms with Gasteiger partial charge in [-0.25, -0.2) is 8.42 Å². The molecule has 2 amide bonds. The Kier molecular flexibility index (Phi) is 3.92. The van der Waals surface area contributed by atoms with E-state index in [1.165, 1.54) is 6.07 Å². The van der Waals surface area contributed by atoms with E-state index >= 15 is 0 Å². The van der Waals surface area contributed by atoms with Crippen LogP contribution in [-0.4, -0.2) is 26.3 Å². The van der Waals surface area contributed by atoms with Crippen molar-refractivity contribution < 1.29 is 18.0 Å². The second-order valence-electron chi connectivity index (χ2n) is 4.89. The fourth-order valence-corrected chi connectivity index (χ4v) is 3.61. The highest BCUT2D eigenvalue weighted by Crippen LogP contribution is 2.18. The van der Waals surface area contributed by atoms with Gasteiger partial charge in [-0.1, -0.05) is 17.7 Å². The highest BCUT2D eigenvalue weighted by molar-refractivity contribution is 7.89. The smallest absolute Gasteiger partial charge is 0.244 e. The Bertz CT molecular complexity index is 667.